The molecule has 0 saturated carbocycles. The summed E-state index contributed by atoms with van der Waals surface area (Å²) in [7, 11) is 0. The van der Waals surface area contributed by atoms with Gasteiger partial charge in [-0.05, 0) is 37.0 Å². The highest BCUT2D eigenvalue weighted by Crippen LogP contribution is 2.32. The lowest BCUT2D eigenvalue weighted by atomic mass is 10.1. The van der Waals surface area contributed by atoms with Crippen molar-refractivity contribution in [2.24, 2.45) is 5.92 Å². The molecule has 1 unspecified atom stereocenters. The van der Waals surface area contributed by atoms with E-state index in [4.69, 9.17) is 0 Å². The zero-order chi connectivity index (χ0) is 16.4. The molecule has 1 aliphatic heterocycles. The van der Waals surface area contributed by atoms with Crippen LogP contribution in [0.15, 0.2) is 36.5 Å². The molecular formula is C18H22N4O. The first kappa shape index (κ1) is 15.5. The van der Waals surface area contributed by atoms with Crippen LogP contribution >= 0.6 is 0 Å². The number of fused-ring (bicyclic) bond motifs is 1. The predicted octanol–water partition coefficient (Wildman–Crippen LogP) is 3.14. The molecule has 0 fully saturated rings. The summed E-state index contributed by atoms with van der Waals surface area (Å²) in [5.41, 5.74) is 2.62. The second-order valence-corrected chi connectivity index (χ2v) is 6.40. The van der Waals surface area contributed by atoms with E-state index >= 15 is 0 Å². The largest absolute Gasteiger partial charge is 0.354 e. The second-order valence-electron chi connectivity index (χ2n) is 6.40. The van der Waals surface area contributed by atoms with Gasteiger partial charge in [0.1, 0.15) is 5.69 Å². The van der Waals surface area contributed by atoms with Crippen molar-refractivity contribution >= 4 is 17.5 Å². The first-order valence-electron chi connectivity index (χ1n) is 8.04. The van der Waals surface area contributed by atoms with Crippen molar-refractivity contribution in [2.75, 3.05) is 16.8 Å². The van der Waals surface area contributed by atoms with Gasteiger partial charge in [-0.2, -0.15) is 0 Å². The van der Waals surface area contributed by atoms with Crippen molar-refractivity contribution in [3.05, 3.63) is 47.8 Å². The third-order valence-electron chi connectivity index (χ3n) is 3.97. The monoisotopic (exact) mass is 310 g/mol. The molecule has 0 bridgehead atoms. The second kappa shape index (κ2) is 6.36. The van der Waals surface area contributed by atoms with Crippen LogP contribution in [0.2, 0.25) is 0 Å². The first-order chi connectivity index (χ1) is 11.1. The summed E-state index contributed by atoms with van der Waals surface area (Å²) >= 11 is 0. The summed E-state index contributed by atoms with van der Waals surface area (Å²) in [4.78, 5) is 23.3. The number of carbonyl (C=O) groups is 1. The topological polar surface area (TPSA) is 58.1 Å². The van der Waals surface area contributed by atoms with Crippen molar-refractivity contribution in [3.8, 4) is 0 Å². The molecule has 0 aliphatic carbocycles. The maximum Gasteiger partial charge on any atom is 0.277 e. The molecule has 1 N–H and O–H groups in total. The number of nitrogens with zero attached hydrogens (tertiary/aromatic N) is 3. The van der Waals surface area contributed by atoms with Crippen LogP contribution in [0.5, 0.6) is 0 Å². The number of nitrogens with one attached hydrogen (secondary N) is 1. The van der Waals surface area contributed by atoms with Gasteiger partial charge in [0, 0.05) is 24.5 Å². The zero-order valence-corrected chi connectivity index (χ0v) is 13.8. The number of aromatic nitrogens is 2. The van der Waals surface area contributed by atoms with E-state index < -0.39 is 0 Å². The van der Waals surface area contributed by atoms with Crippen LogP contribution in [-0.2, 0) is 6.42 Å². The van der Waals surface area contributed by atoms with Crippen molar-refractivity contribution in [3.63, 3.8) is 0 Å². The van der Waals surface area contributed by atoms with Gasteiger partial charge in [-0.25, -0.2) is 9.97 Å². The Morgan fingerprint density at radius 2 is 2.13 bits per heavy atom. The number of carbonyl (C=O) groups excluding carboxylic acids is 1. The van der Waals surface area contributed by atoms with Crippen LogP contribution in [0.1, 0.15) is 36.8 Å². The van der Waals surface area contributed by atoms with E-state index in [9.17, 15) is 4.79 Å². The molecule has 2 aromatic rings. The maximum absolute atomic E-state index is 12.9. The molecule has 3 rings (SSSR count). The van der Waals surface area contributed by atoms with Crippen molar-refractivity contribution in [1.82, 2.24) is 9.97 Å². The van der Waals surface area contributed by atoms with Gasteiger partial charge in [-0.15, -0.1) is 0 Å². The van der Waals surface area contributed by atoms with Gasteiger partial charge in [0.15, 0.2) is 0 Å². The molecule has 0 radical (unpaired) electrons. The molecule has 1 aromatic heterocycles. The van der Waals surface area contributed by atoms with E-state index in [-0.39, 0.29) is 11.9 Å². The fourth-order valence-electron chi connectivity index (χ4n) is 2.86. The number of hydrogen-bond donors (Lipinski definition) is 1. The third-order valence-corrected chi connectivity index (χ3v) is 3.97. The SMILES string of the molecule is CC(C)CNc1nccc(C(=O)N2c3ccccc3CC2C)n1. The highest BCUT2D eigenvalue weighted by Gasteiger charge is 2.31. The molecule has 0 spiro atoms. The minimum absolute atomic E-state index is 0.0718. The summed E-state index contributed by atoms with van der Waals surface area (Å²) < 4.78 is 0. The number of rotatable bonds is 4. The first-order valence-corrected chi connectivity index (χ1v) is 8.04. The highest BCUT2D eigenvalue weighted by atomic mass is 16.2. The van der Waals surface area contributed by atoms with Crippen LogP contribution in [-0.4, -0.2) is 28.5 Å². The Morgan fingerprint density at radius 3 is 2.91 bits per heavy atom. The molecule has 5 nitrogen and oxygen atoms in total. The van der Waals surface area contributed by atoms with Gasteiger partial charge in [-0.3, -0.25) is 4.79 Å². The highest BCUT2D eigenvalue weighted by molar-refractivity contribution is 6.06. The molecule has 1 aliphatic rings. The lowest BCUT2D eigenvalue weighted by Crippen LogP contribution is -2.36. The third kappa shape index (κ3) is 3.18. The lowest BCUT2D eigenvalue weighted by Gasteiger charge is -2.22. The summed E-state index contributed by atoms with van der Waals surface area (Å²) in [6.07, 6.45) is 2.51. The molecule has 120 valence electrons. The van der Waals surface area contributed by atoms with Gasteiger partial charge < -0.3 is 10.2 Å². The van der Waals surface area contributed by atoms with Crippen molar-refractivity contribution in [1.29, 1.82) is 0 Å². The number of benzene rings is 1. The van der Waals surface area contributed by atoms with E-state index in [1.807, 2.05) is 23.1 Å². The summed E-state index contributed by atoms with van der Waals surface area (Å²) in [6, 6.07) is 9.87. The Morgan fingerprint density at radius 1 is 1.35 bits per heavy atom. The summed E-state index contributed by atoms with van der Waals surface area (Å²) in [6.45, 7) is 7.08. The Bertz CT molecular complexity index is 714. The Balaban J connectivity index is 1.85. The lowest BCUT2D eigenvalue weighted by molar-refractivity contribution is 0.0976. The number of anilines is 2. The fourth-order valence-corrected chi connectivity index (χ4v) is 2.86. The minimum Gasteiger partial charge on any atom is -0.354 e. The van der Waals surface area contributed by atoms with E-state index in [0.717, 1.165) is 18.7 Å². The normalized spacial score (nSPS) is 16.5. The molecule has 5 heteroatoms. The van der Waals surface area contributed by atoms with Crippen LogP contribution in [0.4, 0.5) is 11.6 Å². The molecular weight excluding hydrogens is 288 g/mol. The van der Waals surface area contributed by atoms with Gasteiger partial charge >= 0.3 is 0 Å². The quantitative estimate of drug-likeness (QED) is 0.942. The van der Waals surface area contributed by atoms with Crippen molar-refractivity contribution in [2.45, 2.75) is 33.2 Å². The van der Waals surface area contributed by atoms with Crippen LogP contribution in [0, 0.1) is 5.92 Å². The van der Waals surface area contributed by atoms with E-state index in [0.29, 0.717) is 17.6 Å². The Hall–Kier alpha value is -2.43. The molecule has 1 aromatic carbocycles. The Kier molecular flexibility index (Phi) is 4.28. The summed E-state index contributed by atoms with van der Waals surface area (Å²) in [5, 5.41) is 3.17. The zero-order valence-electron chi connectivity index (χ0n) is 13.8. The fraction of sp³-hybridized carbons (Fsp3) is 0.389. The minimum atomic E-state index is -0.0718. The molecule has 1 amide bonds. The maximum atomic E-state index is 12.9. The van der Waals surface area contributed by atoms with E-state index in [1.165, 1.54) is 5.56 Å². The smallest absolute Gasteiger partial charge is 0.277 e. The average molecular weight is 310 g/mol. The molecule has 1 atom stereocenters. The van der Waals surface area contributed by atoms with Crippen LogP contribution in [0.3, 0.4) is 0 Å². The predicted molar refractivity (Wildman–Crippen MR) is 91.8 cm³/mol. The average Bonchev–Trinajstić information content (AvgIpc) is 2.88. The van der Waals surface area contributed by atoms with Gasteiger partial charge in [0.25, 0.3) is 5.91 Å². The van der Waals surface area contributed by atoms with Crippen LogP contribution < -0.4 is 10.2 Å². The molecule has 0 saturated heterocycles. The van der Waals surface area contributed by atoms with E-state index in [1.54, 1.807) is 12.3 Å². The number of para-hydroxylation sites is 1. The van der Waals surface area contributed by atoms with Gasteiger partial charge in [0.05, 0.1) is 0 Å². The molecule has 2 heterocycles. The van der Waals surface area contributed by atoms with Gasteiger partial charge in [-0.1, -0.05) is 32.0 Å². The van der Waals surface area contributed by atoms with Crippen LogP contribution in [0.25, 0.3) is 0 Å². The number of amides is 1. The van der Waals surface area contributed by atoms with E-state index in [2.05, 4.69) is 42.1 Å². The Labute approximate surface area is 136 Å². The molecule has 23 heavy (non-hydrogen) atoms. The summed E-state index contributed by atoms with van der Waals surface area (Å²) in [5.74, 6) is 0.922. The standard InChI is InChI=1S/C18H22N4O/c1-12(2)11-20-18-19-9-8-15(21-18)17(23)22-13(3)10-14-6-4-5-7-16(14)22/h4-9,12-13H,10-11H2,1-3H3,(H,19,20,21). The van der Waals surface area contributed by atoms with Crippen molar-refractivity contribution < 1.29 is 4.79 Å². The van der Waals surface area contributed by atoms with Gasteiger partial charge in [0.2, 0.25) is 5.95 Å². The number of hydrogen-bond acceptors (Lipinski definition) is 4.